The van der Waals surface area contributed by atoms with E-state index < -0.39 is 223 Å². The van der Waals surface area contributed by atoms with E-state index in [0.717, 1.165) is 6.42 Å². The summed E-state index contributed by atoms with van der Waals surface area (Å²) in [6.07, 6.45) is -0.281. The molecule has 19 N–H and O–H groups in total. The highest BCUT2D eigenvalue weighted by atomic mass is 16.4. The van der Waals surface area contributed by atoms with Crippen molar-refractivity contribution in [2.75, 3.05) is 26.2 Å². The second-order valence-electron chi connectivity index (χ2n) is 28.0. The van der Waals surface area contributed by atoms with Crippen molar-refractivity contribution in [2.45, 2.75) is 263 Å². The number of carboxylic acids is 3. The van der Waals surface area contributed by atoms with Crippen LogP contribution in [0.5, 0.6) is 0 Å². The fraction of sp³-hybridized carbons (Fsp3) is 0.742. The largest absolute Gasteiger partial charge is 0.481 e. The van der Waals surface area contributed by atoms with Crippen LogP contribution in [0.4, 0.5) is 0 Å². The van der Waals surface area contributed by atoms with Crippen molar-refractivity contribution in [2.24, 2.45) is 35.1 Å². The van der Waals surface area contributed by atoms with Gasteiger partial charge in [0.05, 0.1) is 12.5 Å². The monoisotopic (exact) mass is 1450 g/mol. The Morgan fingerprint density at radius 1 is 0.422 bits per heavy atom. The zero-order valence-corrected chi connectivity index (χ0v) is 60.4. The van der Waals surface area contributed by atoms with E-state index in [9.17, 15) is 96.8 Å². The van der Waals surface area contributed by atoms with Gasteiger partial charge in [-0.25, -0.2) is 0 Å². The predicted octanol–water partition coefficient (Wildman–Crippen LogP) is -3.66. The molecular weight excluding hydrogens is 1340 g/mol. The highest BCUT2D eigenvalue weighted by Gasteiger charge is 2.44. The number of aliphatic carboxylic acids is 3. The van der Waals surface area contributed by atoms with Crippen molar-refractivity contribution in [3.8, 4) is 0 Å². The molecular formula is C66H110N16O20. The Balaban J connectivity index is 1.82. The highest BCUT2D eigenvalue weighted by Crippen LogP contribution is 2.25. The molecule has 0 aromatic carbocycles. The molecule has 574 valence electrons. The van der Waals surface area contributed by atoms with E-state index >= 15 is 0 Å². The van der Waals surface area contributed by atoms with Crippen molar-refractivity contribution in [1.29, 1.82) is 0 Å². The smallest absolute Gasteiger partial charge is 0.325 e. The number of nitrogens with zero attached hydrogens (tertiary/aromatic N) is 2. The van der Waals surface area contributed by atoms with Gasteiger partial charge in [0.1, 0.15) is 78.5 Å². The van der Waals surface area contributed by atoms with Crippen LogP contribution in [-0.4, -0.2) is 236 Å². The van der Waals surface area contributed by atoms with E-state index in [1.165, 1.54) is 30.6 Å². The number of rotatable bonds is 43. The molecule has 0 bridgehead atoms. The minimum absolute atomic E-state index is 0.0205. The molecule has 3 aliphatic rings. The van der Waals surface area contributed by atoms with Gasteiger partial charge in [-0.15, -0.1) is 0 Å². The summed E-state index contributed by atoms with van der Waals surface area (Å²) in [5, 5.41) is 59.5. The first-order valence-corrected chi connectivity index (χ1v) is 35.1. The Bertz CT molecular complexity index is 3000. The molecule has 36 heteroatoms. The molecule has 36 nitrogen and oxygen atoms in total. The van der Waals surface area contributed by atoms with Crippen molar-refractivity contribution < 1.29 is 96.8 Å². The number of unbranched alkanes of at least 4 members (excludes halogenated alkanes) is 1. The van der Waals surface area contributed by atoms with Crippen LogP contribution in [0.15, 0.2) is 0 Å². The second-order valence-corrected chi connectivity index (χ2v) is 28.0. The summed E-state index contributed by atoms with van der Waals surface area (Å²) in [6.45, 7) is 18.3. The summed E-state index contributed by atoms with van der Waals surface area (Å²) in [6, 6.07) is -18.4. The molecule has 0 saturated carbocycles. The van der Waals surface area contributed by atoms with Crippen LogP contribution in [0.25, 0.3) is 0 Å². The van der Waals surface area contributed by atoms with Crippen LogP contribution >= 0.6 is 0 Å². The average Bonchev–Trinajstić information content (AvgIpc) is 1.64. The third-order valence-corrected chi connectivity index (χ3v) is 17.6. The van der Waals surface area contributed by atoms with Crippen LogP contribution in [0, 0.1) is 23.7 Å². The fourth-order valence-corrected chi connectivity index (χ4v) is 11.9. The zero-order chi connectivity index (χ0) is 77.0. The van der Waals surface area contributed by atoms with E-state index in [4.69, 9.17) is 11.5 Å². The van der Waals surface area contributed by atoms with E-state index in [0.29, 0.717) is 32.2 Å². The number of carboxylic acid groups (broad SMARTS) is 3. The van der Waals surface area contributed by atoms with E-state index in [2.05, 4.69) is 63.8 Å². The second kappa shape index (κ2) is 42.4. The summed E-state index contributed by atoms with van der Waals surface area (Å²) in [5.74, 6) is -17.8. The number of likely N-dealkylation sites (tertiary alicyclic amines) is 2. The molecule has 0 radical (unpaired) electrons. The summed E-state index contributed by atoms with van der Waals surface area (Å²) in [5.41, 5.74) is 11.2. The number of carbonyl (C=O) groups excluding carboxylic acids is 14. The van der Waals surface area contributed by atoms with Crippen molar-refractivity contribution in [1.82, 2.24) is 73.6 Å². The van der Waals surface area contributed by atoms with Gasteiger partial charge in [-0.1, -0.05) is 55.4 Å². The molecule has 0 spiro atoms. The number of amides is 14. The lowest BCUT2D eigenvalue weighted by atomic mass is 9.98. The minimum Gasteiger partial charge on any atom is -0.481 e. The Hall–Kier alpha value is -9.09. The SMILES string of the molecule is CC(C)C[C@H](NC(=O)[C@H](CC(=O)O)NC(=O)[C@H](CCC(N)=O)NC(=O)[C@H](CCCCN)NC(=O)[C@@H](NC(=O)[C@H](CC(C)C)NC(=O)[C@@H]1CCCN1C(=O)[C@@H](NC(=O)[C@@H]1CCCN1C(=O)[C@H](CCC(=O)O)NC(=O)[C@H](C)NC(=O)[C@H](C)NC(=O)[C@@H]1CCCN1)C(C)C)C(C)C)C(=O)N[C@@H](C)C(=O)O. The first-order valence-electron chi connectivity index (χ1n) is 35.1. The lowest BCUT2D eigenvalue weighted by Gasteiger charge is -2.33. The Morgan fingerprint density at radius 3 is 1.38 bits per heavy atom. The van der Waals surface area contributed by atoms with Crippen molar-refractivity contribution in [3.05, 3.63) is 0 Å². The van der Waals surface area contributed by atoms with Crippen LogP contribution < -0.4 is 75.3 Å². The van der Waals surface area contributed by atoms with Crippen LogP contribution in [-0.2, 0) is 81.5 Å². The van der Waals surface area contributed by atoms with Crippen LogP contribution in [0.3, 0.4) is 0 Å². The molecule has 102 heavy (non-hydrogen) atoms. The standard InChI is InChI=1S/C66H110N16O20/c1-32(2)29-43(58(93)72-38(11)66(101)102)76-59(94)45(31-50(86)87)77-57(92)41(21-23-48(68)83)73-56(91)40(17-12-13-25-67)74-63(98)51(34(5)6)79-60(95)44(30-33(3)4)78-61(96)46-19-16-28-82(46)65(100)52(35(7)8)80-62(97)47-20-15-27-81(47)64(99)42(22-24-49(84)85)75-54(89)37(10)70-53(88)36(9)71-55(90)39-18-14-26-69-39/h32-47,51-52,69H,12-31,67H2,1-11H3,(H2,68,83)(H,70,88)(H,71,90)(H,72,93)(H,73,91)(H,74,98)(H,75,89)(H,76,94)(H,77,92)(H,78,96)(H,79,95)(H,80,97)(H,84,85)(H,86,87)(H,101,102)/t36-,37-,38-,39-,40-,41-,42-,43-,44-,45-,46-,47-,51-,52-/m0/s1. The van der Waals surface area contributed by atoms with Gasteiger partial charge in [0.15, 0.2) is 0 Å². The minimum atomic E-state index is -1.90. The lowest BCUT2D eigenvalue weighted by molar-refractivity contribution is -0.145. The number of carbonyl (C=O) groups is 17. The summed E-state index contributed by atoms with van der Waals surface area (Å²) >= 11 is 0. The molecule has 0 aromatic heterocycles. The molecule has 3 heterocycles. The Labute approximate surface area is 593 Å². The Morgan fingerprint density at radius 2 is 0.873 bits per heavy atom. The van der Waals surface area contributed by atoms with E-state index in [-0.39, 0.29) is 75.9 Å². The number of nitrogens with two attached hydrogens (primary N) is 2. The third-order valence-electron chi connectivity index (χ3n) is 17.6. The molecule has 3 saturated heterocycles. The van der Waals surface area contributed by atoms with Crippen LogP contribution in [0.1, 0.15) is 179 Å². The molecule has 0 unspecified atom stereocenters. The van der Waals surface area contributed by atoms with Crippen LogP contribution in [0.2, 0.25) is 0 Å². The molecule has 3 aliphatic heterocycles. The maximum atomic E-state index is 14.7. The first-order chi connectivity index (χ1) is 47.8. The van der Waals surface area contributed by atoms with Crippen molar-refractivity contribution in [3.63, 3.8) is 0 Å². The summed E-state index contributed by atoms with van der Waals surface area (Å²) in [7, 11) is 0. The predicted molar refractivity (Wildman–Crippen MR) is 365 cm³/mol. The average molecular weight is 1450 g/mol. The lowest BCUT2D eigenvalue weighted by Crippen LogP contribution is -2.61. The zero-order valence-electron chi connectivity index (χ0n) is 60.4. The third kappa shape index (κ3) is 28.4. The number of primary amides is 1. The normalized spacial score (nSPS) is 19.0. The maximum absolute atomic E-state index is 14.7. The van der Waals surface area contributed by atoms with Gasteiger partial charge < -0.3 is 100 Å². The van der Waals surface area contributed by atoms with Gasteiger partial charge in [0.2, 0.25) is 82.7 Å². The topological polar surface area (TPSA) is 554 Å². The fourth-order valence-electron chi connectivity index (χ4n) is 11.9. The van der Waals surface area contributed by atoms with E-state index in [1.54, 1.807) is 55.4 Å². The first kappa shape index (κ1) is 87.1. The summed E-state index contributed by atoms with van der Waals surface area (Å²) in [4.78, 5) is 231. The Kier molecular flexibility index (Phi) is 36.2. The maximum Gasteiger partial charge on any atom is 0.325 e. The summed E-state index contributed by atoms with van der Waals surface area (Å²) < 4.78 is 0. The molecule has 14 atom stereocenters. The molecule has 3 rings (SSSR count). The van der Waals surface area contributed by atoms with Gasteiger partial charge in [0, 0.05) is 25.9 Å². The van der Waals surface area contributed by atoms with Gasteiger partial charge in [-0.2, -0.15) is 0 Å². The van der Waals surface area contributed by atoms with Gasteiger partial charge >= 0.3 is 17.9 Å². The quantitative estimate of drug-likeness (QED) is 0.0262. The number of hydrogen-bond acceptors (Lipinski definition) is 19. The van der Waals surface area contributed by atoms with E-state index in [1.807, 2.05) is 0 Å². The highest BCUT2D eigenvalue weighted by molar-refractivity contribution is 6.01. The number of nitrogens with one attached hydrogen (secondary N) is 12. The molecule has 0 aliphatic carbocycles. The van der Waals surface area contributed by atoms with Crippen molar-refractivity contribution >= 4 is 101 Å². The molecule has 14 amide bonds. The molecule has 0 aromatic rings. The molecule has 3 fully saturated rings. The number of hydrogen-bond donors (Lipinski definition) is 17. The van der Waals surface area contributed by atoms with Gasteiger partial charge in [0.25, 0.3) is 0 Å². The van der Waals surface area contributed by atoms with Gasteiger partial charge in [-0.3, -0.25) is 81.5 Å². The van der Waals surface area contributed by atoms with Gasteiger partial charge in [-0.05, 0) is 141 Å².